The fourth-order valence-electron chi connectivity index (χ4n) is 3.02. The molecule has 152 valence electrons. The highest BCUT2D eigenvalue weighted by Crippen LogP contribution is 2.27. The number of amides is 1. The van der Waals surface area contributed by atoms with Gasteiger partial charge < -0.3 is 15.5 Å². The number of hydrogen-bond acceptors (Lipinski definition) is 4. The summed E-state index contributed by atoms with van der Waals surface area (Å²) in [6, 6.07) is 6.29. The lowest BCUT2D eigenvalue weighted by atomic mass is 10.2. The Bertz CT molecular complexity index is 587. The molecule has 27 heavy (non-hydrogen) atoms. The van der Waals surface area contributed by atoms with E-state index < -0.39 is 0 Å². The lowest BCUT2D eigenvalue weighted by Crippen LogP contribution is -2.43. The Balaban J connectivity index is 0.00000364. The number of thioether (sulfide) groups is 1. The minimum Gasteiger partial charge on any atom is -0.357 e. The highest BCUT2D eigenvalue weighted by atomic mass is 127. The van der Waals surface area contributed by atoms with Gasteiger partial charge in [-0.15, -0.1) is 24.0 Å². The number of hydrogen-bond donors (Lipinski definition) is 2. The number of aromatic nitrogens is 1. The van der Waals surface area contributed by atoms with Crippen LogP contribution in [0.2, 0.25) is 0 Å². The zero-order valence-corrected chi connectivity index (χ0v) is 19.6. The molecule has 1 heterocycles. The van der Waals surface area contributed by atoms with E-state index in [-0.39, 0.29) is 36.4 Å². The summed E-state index contributed by atoms with van der Waals surface area (Å²) in [4.78, 5) is 22.8. The molecule has 2 atom stereocenters. The van der Waals surface area contributed by atoms with Crippen molar-refractivity contribution in [2.75, 3.05) is 32.9 Å². The molecule has 0 bridgehead atoms. The van der Waals surface area contributed by atoms with Crippen LogP contribution in [0, 0.1) is 0 Å². The molecule has 0 radical (unpaired) electrons. The Morgan fingerprint density at radius 3 is 2.85 bits per heavy atom. The summed E-state index contributed by atoms with van der Waals surface area (Å²) in [6.45, 7) is 3.63. The van der Waals surface area contributed by atoms with E-state index in [0.29, 0.717) is 12.6 Å². The largest absolute Gasteiger partial charge is 0.357 e. The highest BCUT2D eigenvalue weighted by molar-refractivity contribution is 14.0. The van der Waals surface area contributed by atoms with Crippen LogP contribution in [0.25, 0.3) is 0 Å². The lowest BCUT2D eigenvalue weighted by molar-refractivity contribution is -0.128. The van der Waals surface area contributed by atoms with E-state index >= 15 is 0 Å². The first-order valence-corrected chi connectivity index (χ1v) is 10.6. The molecule has 2 N–H and O–H groups in total. The smallest absolute Gasteiger partial charge is 0.244 e. The van der Waals surface area contributed by atoms with Gasteiger partial charge in [0.2, 0.25) is 5.91 Å². The van der Waals surface area contributed by atoms with Crippen LogP contribution < -0.4 is 10.6 Å². The lowest BCUT2D eigenvalue weighted by Gasteiger charge is -2.19. The number of nitrogens with zero attached hydrogens (tertiary/aromatic N) is 3. The first-order chi connectivity index (χ1) is 12.6. The average Bonchev–Trinajstić information content (AvgIpc) is 3.12. The number of carbonyl (C=O) groups is 1. The monoisotopic (exact) mass is 505 g/mol. The normalized spacial score (nSPS) is 19.3. The van der Waals surface area contributed by atoms with Crippen LogP contribution in [-0.2, 0) is 11.2 Å². The predicted octanol–water partition coefficient (Wildman–Crippen LogP) is 2.54. The molecule has 1 aliphatic rings. The van der Waals surface area contributed by atoms with Gasteiger partial charge >= 0.3 is 0 Å². The molecule has 1 fully saturated rings. The van der Waals surface area contributed by atoms with E-state index in [0.717, 1.165) is 42.7 Å². The standard InChI is InChI=1S/C19H31N5OS.HI/c1-4-20-19(23-16-8-9-17(13-16)26-3)22-14-18(25)24(2)12-10-15-7-5-6-11-21-15;/h5-7,11,16-17H,4,8-10,12-14H2,1-3H3,(H2,20,22,23);1H. The number of nitrogens with one attached hydrogen (secondary N) is 2. The van der Waals surface area contributed by atoms with Crippen LogP contribution in [0.3, 0.4) is 0 Å². The first-order valence-electron chi connectivity index (χ1n) is 9.33. The molecule has 1 saturated carbocycles. The maximum absolute atomic E-state index is 12.3. The van der Waals surface area contributed by atoms with Gasteiger partial charge in [-0.25, -0.2) is 4.99 Å². The van der Waals surface area contributed by atoms with Crippen LogP contribution in [0.5, 0.6) is 0 Å². The molecular formula is C19H32IN5OS. The Morgan fingerprint density at radius 2 is 2.22 bits per heavy atom. The maximum Gasteiger partial charge on any atom is 0.244 e. The van der Waals surface area contributed by atoms with Crippen LogP contribution in [0.4, 0.5) is 0 Å². The quantitative estimate of drug-likeness (QED) is 0.323. The molecule has 2 unspecified atom stereocenters. The van der Waals surface area contributed by atoms with Gasteiger partial charge in [-0.3, -0.25) is 9.78 Å². The fourth-order valence-corrected chi connectivity index (χ4v) is 3.82. The van der Waals surface area contributed by atoms with Crippen molar-refractivity contribution in [2.45, 2.75) is 43.9 Å². The highest BCUT2D eigenvalue weighted by Gasteiger charge is 2.24. The summed E-state index contributed by atoms with van der Waals surface area (Å²) in [5.74, 6) is 0.761. The van der Waals surface area contributed by atoms with E-state index in [1.807, 2.05) is 43.9 Å². The third-order valence-corrected chi connectivity index (χ3v) is 5.73. The molecular weight excluding hydrogens is 473 g/mol. The van der Waals surface area contributed by atoms with Crippen molar-refractivity contribution in [3.63, 3.8) is 0 Å². The number of guanidine groups is 1. The third kappa shape index (κ3) is 8.68. The predicted molar refractivity (Wildman–Crippen MR) is 125 cm³/mol. The molecule has 0 aromatic carbocycles. The van der Waals surface area contributed by atoms with Gasteiger partial charge in [0.05, 0.1) is 0 Å². The Morgan fingerprint density at radius 1 is 1.41 bits per heavy atom. The van der Waals surface area contributed by atoms with E-state index in [4.69, 9.17) is 0 Å². The van der Waals surface area contributed by atoms with E-state index in [2.05, 4.69) is 26.9 Å². The zero-order chi connectivity index (χ0) is 18.8. The second-order valence-electron chi connectivity index (χ2n) is 6.59. The summed E-state index contributed by atoms with van der Waals surface area (Å²) < 4.78 is 0. The number of aliphatic imine (C=N–C) groups is 1. The van der Waals surface area contributed by atoms with Gasteiger partial charge in [0.15, 0.2) is 5.96 Å². The number of carbonyl (C=O) groups excluding carboxylic acids is 1. The van der Waals surface area contributed by atoms with Gasteiger partial charge in [-0.2, -0.15) is 11.8 Å². The van der Waals surface area contributed by atoms with E-state index in [1.54, 1.807) is 11.1 Å². The summed E-state index contributed by atoms with van der Waals surface area (Å²) >= 11 is 1.94. The van der Waals surface area contributed by atoms with Gasteiger partial charge in [0, 0.05) is 49.7 Å². The van der Waals surface area contributed by atoms with E-state index in [1.165, 1.54) is 6.42 Å². The molecule has 6 nitrogen and oxygen atoms in total. The third-order valence-electron chi connectivity index (χ3n) is 4.63. The van der Waals surface area contributed by atoms with Gasteiger partial charge in [-0.05, 0) is 44.6 Å². The topological polar surface area (TPSA) is 69.6 Å². The molecule has 8 heteroatoms. The molecule has 1 aromatic heterocycles. The van der Waals surface area contributed by atoms with Crippen LogP contribution in [0.15, 0.2) is 29.4 Å². The SMILES string of the molecule is CCNC(=NCC(=O)N(C)CCc1ccccn1)NC1CCC(SC)C1.I. The first kappa shape index (κ1) is 24.0. The molecule has 1 amide bonds. The van der Waals surface area contributed by atoms with Crippen molar-refractivity contribution in [3.05, 3.63) is 30.1 Å². The van der Waals surface area contributed by atoms with Crippen molar-refractivity contribution in [2.24, 2.45) is 4.99 Å². The zero-order valence-electron chi connectivity index (χ0n) is 16.5. The van der Waals surface area contributed by atoms with Crippen molar-refractivity contribution in [1.82, 2.24) is 20.5 Å². The summed E-state index contributed by atoms with van der Waals surface area (Å²) in [6.07, 6.45) is 8.26. The van der Waals surface area contributed by atoms with Crippen molar-refractivity contribution in [3.8, 4) is 0 Å². The second kappa shape index (κ2) is 13.2. The fraction of sp³-hybridized carbons (Fsp3) is 0.632. The average molecular weight is 505 g/mol. The van der Waals surface area contributed by atoms with Gasteiger partial charge in [0.25, 0.3) is 0 Å². The van der Waals surface area contributed by atoms with Crippen molar-refractivity contribution in [1.29, 1.82) is 0 Å². The minimum atomic E-state index is 0. The Hall–Kier alpha value is -1.03. The summed E-state index contributed by atoms with van der Waals surface area (Å²) in [5.41, 5.74) is 0.996. The summed E-state index contributed by atoms with van der Waals surface area (Å²) in [5, 5.41) is 7.46. The maximum atomic E-state index is 12.3. The molecule has 0 spiro atoms. The molecule has 0 saturated heterocycles. The Kier molecular flexibility index (Phi) is 11.7. The van der Waals surface area contributed by atoms with Crippen molar-refractivity contribution >= 4 is 47.6 Å². The van der Waals surface area contributed by atoms with Gasteiger partial charge in [-0.1, -0.05) is 6.07 Å². The van der Waals surface area contributed by atoms with Gasteiger partial charge in [0.1, 0.15) is 6.54 Å². The number of rotatable bonds is 8. The molecule has 0 aliphatic heterocycles. The number of likely N-dealkylation sites (N-methyl/N-ethyl adjacent to an activating group) is 1. The second-order valence-corrected chi connectivity index (χ2v) is 7.73. The summed E-state index contributed by atoms with van der Waals surface area (Å²) in [7, 11) is 1.82. The number of pyridine rings is 1. The molecule has 1 aliphatic carbocycles. The minimum absolute atomic E-state index is 0. The van der Waals surface area contributed by atoms with Crippen molar-refractivity contribution < 1.29 is 4.79 Å². The molecule has 1 aromatic rings. The van der Waals surface area contributed by atoms with Crippen LogP contribution >= 0.6 is 35.7 Å². The van der Waals surface area contributed by atoms with E-state index in [9.17, 15) is 4.79 Å². The molecule has 2 rings (SSSR count). The number of halogens is 1. The van der Waals surface area contributed by atoms with Crippen LogP contribution in [0.1, 0.15) is 31.9 Å². The van der Waals surface area contributed by atoms with Crippen LogP contribution in [-0.4, -0.2) is 66.0 Å². The Labute approximate surface area is 184 Å².